The molecule has 142 valence electrons. The number of ether oxygens (including phenoxy) is 1. The van der Waals surface area contributed by atoms with Crippen LogP contribution in [0, 0.1) is 19.7 Å². The number of hydrogen-bond acceptors (Lipinski definition) is 4. The average molecular weight is 382 g/mol. The molecule has 9 heteroatoms. The Morgan fingerprint density at radius 3 is 2.62 bits per heavy atom. The van der Waals surface area contributed by atoms with Crippen LogP contribution in [0.25, 0.3) is 5.69 Å². The van der Waals surface area contributed by atoms with Gasteiger partial charge < -0.3 is 4.74 Å². The molecule has 7 nitrogen and oxygen atoms in total. The number of hydrogen-bond donors (Lipinski definition) is 0. The molecule has 1 saturated heterocycles. The predicted molar refractivity (Wildman–Crippen MR) is 95.9 cm³/mol. The van der Waals surface area contributed by atoms with E-state index in [1.54, 1.807) is 25.1 Å². The molecule has 1 aliphatic rings. The van der Waals surface area contributed by atoms with Crippen molar-refractivity contribution in [1.82, 2.24) is 18.4 Å². The molecule has 3 rings (SSSR count). The SMILES string of the molecule is Cc1nn(-c2ccccc2F)c(C)c1C1COCCN1S(=O)(=O)N(C)C. The van der Waals surface area contributed by atoms with E-state index in [1.807, 2.05) is 6.92 Å². The van der Waals surface area contributed by atoms with E-state index in [-0.39, 0.29) is 19.0 Å². The molecule has 1 atom stereocenters. The molecule has 0 amide bonds. The molecule has 0 spiro atoms. The van der Waals surface area contributed by atoms with Gasteiger partial charge in [0.2, 0.25) is 0 Å². The van der Waals surface area contributed by atoms with Gasteiger partial charge in [0.1, 0.15) is 11.5 Å². The number of rotatable bonds is 4. The lowest BCUT2D eigenvalue weighted by Gasteiger charge is -2.36. The summed E-state index contributed by atoms with van der Waals surface area (Å²) in [7, 11) is -0.610. The van der Waals surface area contributed by atoms with E-state index in [1.165, 1.54) is 33.5 Å². The van der Waals surface area contributed by atoms with Crippen LogP contribution in [-0.4, -0.2) is 60.7 Å². The van der Waals surface area contributed by atoms with Crippen LogP contribution in [0.3, 0.4) is 0 Å². The van der Waals surface area contributed by atoms with Crippen LogP contribution in [0.15, 0.2) is 24.3 Å². The lowest BCUT2D eigenvalue weighted by atomic mass is 10.0. The van der Waals surface area contributed by atoms with Gasteiger partial charge in [-0.05, 0) is 26.0 Å². The molecular formula is C17H23FN4O3S. The lowest BCUT2D eigenvalue weighted by Crippen LogP contribution is -2.48. The van der Waals surface area contributed by atoms with Gasteiger partial charge in [0.25, 0.3) is 10.2 Å². The second-order valence-corrected chi connectivity index (χ2v) is 8.53. The van der Waals surface area contributed by atoms with Gasteiger partial charge in [-0.1, -0.05) is 12.1 Å². The fourth-order valence-corrected chi connectivity index (χ4v) is 4.51. The molecule has 1 aliphatic heterocycles. The normalized spacial score (nSPS) is 19.2. The van der Waals surface area contributed by atoms with Crippen LogP contribution in [0.2, 0.25) is 0 Å². The minimum Gasteiger partial charge on any atom is -0.378 e. The summed E-state index contributed by atoms with van der Waals surface area (Å²) in [6, 6.07) is 5.87. The smallest absolute Gasteiger partial charge is 0.282 e. The number of aromatic nitrogens is 2. The van der Waals surface area contributed by atoms with Gasteiger partial charge in [0.15, 0.2) is 0 Å². The molecule has 26 heavy (non-hydrogen) atoms. The molecule has 0 N–H and O–H groups in total. The van der Waals surface area contributed by atoms with Crippen LogP contribution >= 0.6 is 0 Å². The van der Waals surface area contributed by atoms with Crippen LogP contribution in [0.4, 0.5) is 4.39 Å². The summed E-state index contributed by atoms with van der Waals surface area (Å²) < 4.78 is 49.4. The second kappa shape index (κ2) is 7.07. The summed E-state index contributed by atoms with van der Waals surface area (Å²) in [6.45, 7) is 4.45. The Balaban J connectivity index is 2.10. The third-order valence-corrected chi connectivity index (χ3v) is 6.55. The highest BCUT2D eigenvalue weighted by molar-refractivity contribution is 7.86. The van der Waals surface area contributed by atoms with Crippen molar-refractivity contribution in [3.8, 4) is 5.69 Å². The Labute approximate surface area is 153 Å². The quantitative estimate of drug-likeness (QED) is 0.809. The number of nitrogens with zero attached hydrogens (tertiary/aromatic N) is 4. The summed E-state index contributed by atoms with van der Waals surface area (Å²) in [4.78, 5) is 0. The maximum atomic E-state index is 14.2. The average Bonchev–Trinajstić information content (AvgIpc) is 2.89. The van der Waals surface area contributed by atoms with Crippen molar-refractivity contribution in [3.05, 3.63) is 47.0 Å². The number of benzene rings is 1. The number of para-hydroxylation sites is 1. The molecule has 1 fully saturated rings. The minimum atomic E-state index is -3.62. The largest absolute Gasteiger partial charge is 0.378 e. The van der Waals surface area contributed by atoms with E-state index in [0.717, 1.165) is 5.56 Å². The van der Waals surface area contributed by atoms with Gasteiger partial charge in [0, 0.05) is 31.9 Å². The van der Waals surface area contributed by atoms with Crippen LogP contribution in [0.1, 0.15) is 23.0 Å². The van der Waals surface area contributed by atoms with Crippen LogP contribution in [-0.2, 0) is 14.9 Å². The monoisotopic (exact) mass is 382 g/mol. The van der Waals surface area contributed by atoms with E-state index in [9.17, 15) is 12.8 Å². The van der Waals surface area contributed by atoms with Gasteiger partial charge in [-0.25, -0.2) is 9.07 Å². The molecule has 0 saturated carbocycles. The fraction of sp³-hybridized carbons (Fsp3) is 0.471. The summed E-state index contributed by atoms with van der Waals surface area (Å²) in [6.07, 6.45) is 0. The molecule has 1 aromatic heterocycles. The van der Waals surface area contributed by atoms with Crippen molar-refractivity contribution < 1.29 is 17.5 Å². The molecule has 1 aromatic carbocycles. The second-order valence-electron chi connectivity index (χ2n) is 6.44. The van der Waals surface area contributed by atoms with Crippen molar-refractivity contribution in [1.29, 1.82) is 0 Å². The van der Waals surface area contributed by atoms with Crippen molar-refractivity contribution in [2.45, 2.75) is 19.9 Å². The Morgan fingerprint density at radius 1 is 1.27 bits per heavy atom. The summed E-state index contributed by atoms with van der Waals surface area (Å²) in [5.74, 6) is -0.387. The Morgan fingerprint density at radius 2 is 1.96 bits per heavy atom. The molecular weight excluding hydrogens is 359 g/mol. The highest BCUT2D eigenvalue weighted by Crippen LogP contribution is 2.33. The van der Waals surface area contributed by atoms with Gasteiger partial charge in [-0.3, -0.25) is 0 Å². The van der Waals surface area contributed by atoms with Gasteiger partial charge in [-0.2, -0.15) is 22.1 Å². The van der Waals surface area contributed by atoms with E-state index in [2.05, 4.69) is 5.10 Å². The minimum absolute atomic E-state index is 0.234. The fourth-order valence-electron chi connectivity index (χ4n) is 3.30. The Hall–Kier alpha value is -1.81. The number of halogens is 1. The highest BCUT2D eigenvalue weighted by Gasteiger charge is 2.38. The maximum absolute atomic E-state index is 14.2. The van der Waals surface area contributed by atoms with E-state index >= 15 is 0 Å². The topological polar surface area (TPSA) is 67.7 Å². The molecule has 2 heterocycles. The summed E-state index contributed by atoms with van der Waals surface area (Å²) in [5, 5.41) is 4.46. The Kier molecular flexibility index (Phi) is 5.16. The third-order valence-electron chi connectivity index (χ3n) is 4.60. The first-order chi connectivity index (χ1) is 12.2. The van der Waals surface area contributed by atoms with Gasteiger partial charge in [-0.15, -0.1) is 0 Å². The van der Waals surface area contributed by atoms with E-state index in [0.29, 0.717) is 23.7 Å². The van der Waals surface area contributed by atoms with Crippen LogP contribution in [0.5, 0.6) is 0 Å². The van der Waals surface area contributed by atoms with Crippen molar-refractivity contribution >= 4 is 10.2 Å². The van der Waals surface area contributed by atoms with Gasteiger partial charge >= 0.3 is 0 Å². The third kappa shape index (κ3) is 3.16. The van der Waals surface area contributed by atoms with Crippen molar-refractivity contribution in [2.75, 3.05) is 33.9 Å². The molecule has 0 bridgehead atoms. The molecule has 1 unspecified atom stereocenters. The zero-order valence-corrected chi connectivity index (χ0v) is 16.1. The van der Waals surface area contributed by atoms with Gasteiger partial charge in [0.05, 0.1) is 24.9 Å². The van der Waals surface area contributed by atoms with Crippen LogP contribution < -0.4 is 0 Å². The first-order valence-electron chi connectivity index (χ1n) is 8.33. The summed E-state index contributed by atoms with van der Waals surface area (Å²) >= 11 is 0. The first-order valence-corrected chi connectivity index (χ1v) is 9.73. The molecule has 2 aromatic rings. The highest BCUT2D eigenvalue weighted by atomic mass is 32.2. The van der Waals surface area contributed by atoms with E-state index in [4.69, 9.17) is 4.74 Å². The number of aryl methyl sites for hydroxylation is 1. The predicted octanol–water partition coefficient (Wildman–Crippen LogP) is 1.81. The van der Waals surface area contributed by atoms with Crippen molar-refractivity contribution in [2.24, 2.45) is 0 Å². The number of morpholine rings is 1. The zero-order chi connectivity index (χ0) is 19.1. The first kappa shape index (κ1) is 19.0. The summed E-state index contributed by atoms with van der Waals surface area (Å²) in [5.41, 5.74) is 2.43. The standard InChI is InChI=1S/C17H23FN4O3S/c1-12-17(13(2)22(19-12)15-8-6-5-7-14(15)18)16-11-25-10-9-21(16)26(23,24)20(3)4/h5-8,16H,9-11H2,1-4H3. The maximum Gasteiger partial charge on any atom is 0.282 e. The van der Waals surface area contributed by atoms with E-state index < -0.39 is 16.3 Å². The Bertz CT molecular complexity index is 911. The van der Waals surface area contributed by atoms with Crippen molar-refractivity contribution in [3.63, 3.8) is 0 Å². The lowest BCUT2D eigenvalue weighted by molar-refractivity contribution is 0.0295. The molecule has 0 radical (unpaired) electrons. The molecule has 0 aliphatic carbocycles. The zero-order valence-electron chi connectivity index (χ0n) is 15.3.